The van der Waals surface area contributed by atoms with Gasteiger partial charge in [0.2, 0.25) is 0 Å². The van der Waals surface area contributed by atoms with E-state index in [1.807, 2.05) is 6.07 Å². The molecule has 1 amide bonds. The van der Waals surface area contributed by atoms with Crippen molar-refractivity contribution >= 4 is 11.6 Å². The molecule has 2 rings (SSSR count). The minimum Gasteiger partial charge on any atom is -0.349 e. The van der Waals surface area contributed by atoms with Crippen LogP contribution in [0, 0.1) is 0 Å². The van der Waals surface area contributed by atoms with Gasteiger partial charge in [0.1, 0.15) is 0 Å². The third-order valence-corrected chi connectivity index (χ3v) is 2.20. The number of nitrogens with two attached hydrogens (primary N) is 1. The van der Waals surface area contributed by atoms with E-state index < -0.39 is 0 Å². The number of benzene rings is 1. The molecule has 1 aliphatic carbocycles. The number of hydrogen-bond acceptors (Lipinski definition) is 3. The number of hydrogen-bond donors (Lipinski definition) is 3. The molecule has 1 fully saturated rings. The number of carbonyl (C=O) groups is 1. The maximum absolute atomic E-state index is 11.6. The molecule has 14 heavy (non-hydrogen) atoms. The van der Waals surface area contributed by atoms with Crippen molar-refractivity contribution in [1.29, 1.82) is 0 Å². The summed E-state index contributed by atoms with van der Waals surface area (Å²) in [5, 5.41) is 2.91. The van der Waals surface area contributed by atoms with E-state index in [4.69, 9.17) is 5.84 Å². The summed E-state index contributed by atoms with van der Waals surface area (Å²) in [6, 6.07) is 7.51. The normalized spacial score (nSPS) is 14.9. The quantitative estimate of drug-likeness (QED) is 0.490. The van der Waals surface area contributed by atoms with E-state index in [1.54, 1.807) is 18.2 Å². The lowest BCUT2D eigenvalue weighted by atomic mass is 10.2. The van der Waals surface area contributed by atoms with Crippen molar-refractivity contribution < 1.29 is 4.79 Å². The molecule has 0 atom stereocenters. The maximum Gasteiger partial charge on any atom is 0.251 e. The summed E-state index contributed by atoms with van der Waals surface area (Å²) in [5.74, 6) is 5.23. The summed E-state index contributed by atoms with van der Waals surface area (Å²) >= 11 is 0. The molecule has 74 valence electrons. The first-order valence-electron chi connectivity index (χ1n) is 4.67. The second-order valence-corrected chi connectivity index (χ2v) is 3.47. The molecule has 0 unspecified atom stereocenters. The molecule has 0 spiro atoms. The Balaban J connectivity index is 2.09. The number of amides is 1. The summed E-state index contributed by atoms with van der Waals surface area (Å²) in [4.78, 5) is 11.6. The molecule has 0 bridgehead atoms. The van der Waals surface area contributed by atoms with Gasteiger partial charge < -0.3 is 10.7 Å². The van der Waals surface area contributed by atoms with E-state index in [9.17, 15) is 4.79 Å². The molecular weight excluding hydrogens is 178 g/mol. The topological polar surface area (TPSA) is 67.1 Å². The minimum absolute atomic E-state index is 0.0235. The average Bonchev–Trinajstić information content (AvgIpc) is 3.02. The van der Waals surface area contributed by atoms with E-state index in [-0.39, 0.29) is 5.91 Å². The SMILES string of the molecule is NNc1cccc(C(=O)NC2CC2)c1. The molecule has 1 saturated carbocycles. The number of nitrogens with one attached hydrogen (secondary N) is 2. The summed E-state index contributed by atoms with van der Waals surface area (Å²) in [6.07, 6.45) is 2.20. The molecule has 4 heteroatoms. The van der Waals surface area contributed by atoms with Crippen molar-refractivity contribution in [1.82, 2.24) is 5.32 Å². The second-order valence-electron chi connectivity index (χ2n) is 3.47. The Bertz CT molecular complexity index is 347. The molecule has 0 heterocycles. The van der Waals surface area contributed by atoms with E-state index in [0.29, 0.717) is 11.6 Å². The summed E-state index contributed by atoms with van der Waals surface area (Å²) in [7, 11) is 0. The van der Waals surface area contributed by atoms with Crippen LogP contribution in [-0.2, 0) is 0 Å². The molecule has 0 aromatic heterocycles. The molecule has 0 saturated heterocycles. The molecule has 0 aliphatic heterocycles. The fourth-order valence-corrected chi connectivity index (χ4v) is 1.25. The van der Waals surface area contributed by atoms with Crippen LogP contribution < -0.4 is 16.6 Å². The van der Waals surface area contributed by atoms with Gasteiger partial charge in [0.25, 0.3) is 5.91 Å². The van der Waals surface area contributed by atoms with Crippen LogP contribution in [0.4, 0.5) is 5.69 Å². The van der Waals surface area contributed by atoms with Crippen LogP contribution in [0.1, 0.15) is 23.2 Å². The molecular formula is C10H13N3O. The van der Waals surface area contributed by atoms with Crippen molar-refractivity contribution in [3.8, 4) is 0 Å². The fourth-order valence-electron chi connectivity index (χ4n) is 1.25. The average molecular weight is 191 g/mol. The number of carbonyl (C=O) groups excluding carboxylic acids is 1. The molecule has 1 aliphatic rings. The lowest BCUT2D eigenvalue weighted by Crippen LogP contribution is -2.25. The molecule has 1 aromatic carbocycles. The van der Waals surface area contributed by atoms with Crippen molar-refractivity contribution in [2.45, 2.75) is 18.9 Å². The van der Waals surface area contributed by atoms with E-state index >= 15 is 0 Å². The zero-order chi connectivity index (χ0) is 9.97. The van der Waals surface area contributed by atoms with Crippen molar-refractivity contribution in [3.05, 3.63) is 29.8 Å². The fraction of sp³-hybridized carbons (Fsp3) is 0.300. The largest absolute Gasteiger partial charge is 0.349 e. The van der Waals surface area contributed by atoms with Crippen LogP contribution >= 0.6 is 0 Å². The molecule has 4 N–H and O–H groups in total. The number of nitrogen functional groups attached to an aromatic ring is 1. The van der Waals surface area contributed by atoms with E-state index in [0.717, 1.165) is 18.5 Å². The first-order valence-corrected chi connectivity index (χ1v) is 4.67. The highest BCUT2D eigenvalue weighted by molar-refractivity contribution is 5.95. The van der Waals surface area contributed by atoms with Crippen LogP contribution in [0.25, 0.3) is 0 Å². The molecule has 4 nitrogen and oxygen atoms in total. The summed E-state index contributed by atoms with van der Waals surface area (Å²) in [6.45, 7) is 0. The Morgan fingerprint density at radius 2 is 2.21 bits per heavy atom. The van der Waals surface area contributed by atoms with E-state index in [2.05, 4.69) is 10.7 Å². The van der Waals surface area contributed by atoms with Crippen molar-refractivity contribution in [2.24, 2.45) is 5.84 Å². The van der Waals surface area contributed by atoms with Crippen LogP contribution in [0.5, 0.6) is 0 Å². The Kier molecular flexibility index (Phi) is 2.37. The van der Waals surface area contributed by atoms with E-state index in [1.165, 1.54) is 0 Å². The van der Waals surface area contributed by atoms with Crippen molar-refractivity contribution in [2.75, 3.05) is 5.43 Å². The Morgan fingerprint density at radius 3 is 2.86 bits per heavy atom. The predicted molar refractivity (Wildman–Crippen MR) is 54.7 cm³/mol. The van der Waals surface area contributed by atoms with Gasteiger partial charge in [0.15, 0.2) is 0 Å². The van der Waals surface area contributed by atoms with Gasteiger partial charge in [-0.15, -0.1) is 0 Å². The van der Waals surface area contributed by atoms with Crippen LogP contribution in [-0.4, -0.2) is 11.9 Å². The smallest absolute Gasteiger partial charge is 0.251 e. The number of anilines is 1. The van der Waals surface area contributed by atoms with Gasteiger partial charge >= 0.3 is 0 Å². The maximum atomic E-state index is 11.6. The van der Waals surface area contributed by atoms with Gasteiger partial charge in [-0.2, -0.15) is 0 Å². The van der Waals surface area contributed by atoms with Gasteiger partial charge in [-0.1, -0.05) is 6.07 Å². The highest BCUT2D eigenvalue weighted by Gasteiger charge is 2.23. The molecule has 1 aromatic rings. The number of rotatable bonds is 3. The predicted octanol–water partition coefficient (Wildman–Crippen LogP) is 0.864. The second kappa shape index (κ2) is 3.67. The van der Waals surface area contributed by atoms with Gasteiger partial charge in [-0.25, -0.2) is 0 Å². The first kappa shape index (κ1) is 9.02. The van der Waals surface area contributed by atoms with Gasteiger partial charge in [0.05, 0.1) is 0 Å². The standard InChI is InChI=1S/C10H13N3O/c11-13-9-3-1-2-7(6-9)10(14)12-8-4-5-8/h1-3,6,8,13H,4-5,11H2,(H,12,14). The summed E-state index contributed by atoms with van der Waals surface area (Å²) in [5.41, 5.74) is 3.90. The Hall–Kier alpha value is -1.55. The van der Waals surface area contributed by atoms with Crippen molar-refractivity contribution in [3.63, 3.8) is 0 Å². The lowest BCUT2D eigenvalue weighted by molar-refractivity contribution is 0.0951. The van der Waals surface area contributed by atoms with Crippen LogP contribution in [0.3, 0.4) is 0 Å². The third-order valence-electron chi connectivity index (χ3n) is 2.20. The molecule has 0 radical (unpaired) electrons. The summed E-state index contributed by atoms with van der Waals surface area (Å²) < 4.78 is 0. The Labute approximate surface area is 82.5 Å². The lowest BCUT2D eigenvalue weighted by Gasteiger charge is -2.05. The highest BCUT2D eigenvalue weighted by atomic mass is 16.1. The third kappa shape index (κ3) is 2.03. The van der Waals surface area contributed by atoms with Gasteiger partial charge in [-0.05, 0) is 31.0 Å². The first-order chi connectivity index (χ1) is 6.79. The highest BCUT2D eigenvalue weighted by Crippen LogP contribution is 2.19. The minimum atomic E-state index is -0.0235. The van der Waals surface area contributed by atoms with Gasteiger partial charge in [-0.3, -0.25) is 10.6 Å². The van der Waals surface area contributed by atoms with Gasteiger partial charge in [0, 0.05) is 17.3 Å². The Morgan fingerprint density at radius 1 is 1.43 bits per heavy atom. The van der Waals surface area contributed by atoms with Crippen LogP contribution in [0.15, 0.2) is 24.3 Å². The zero-order valence-corrected chi connectivity index (χ0v) is 7.79. The zero-order valence-electron chi connectivity index (χ0n) is 7.79. The monoisotopic (exact) mass is 191 g/mol. The number of hydrazine groups is 1. The van der Waals surface area contributed by atoms with Crippen LogP contribution in [0.2, 0.25) is 0 Å².